The molecule has 0 saturated heterocycles. The smallest absolute Gasteiger partial charge is 0.265 e. The number of para-hydroxylation sites is 1. The Bertz CT molecular complexity index is 1310. The molecule has 0 radical (unpaired) electrons. The quantitative estimate of drug-likeness (QED) is 0.499. The van der Waals surface area contributed by atoms with Gasteiger partial charge in [-0.2, -0.15) is 0 Å². The average Bonchev–Trinajstić information content (AvgIpc) is 2.80. The Balaban J connectivity index is 1.48. The van der Waals surface area contributed by atoms with Gasteiger partial charge >= 0.3 is 0 Å². The van der Waals surface area contributed by atoms with Crippen molar-refractivity contribution in [2.75, 3.05) is 12.4 Å². The molecule has 4 rings (SSSR count). The summed E-state index contributed by atoms with van der Waals surface area (Å²) < 4.78 is 12.4. The van der Waals surface area contributed by atoms with Crippen LogP contribution in [-0.2, 0) is 4.79 Å². The Morgan fingerprint density at radius 3 is 2.31 bits per heavy atom. The maximum absolute atomic E-state index is 12.9. The van der Waals surface area contributed by atoms with Crippen LogP contribution in [0, 0.1) is 6.92 Å². The van der Waals surface area contributed by atoms with Crippen LogP contribution < -0.4 is 20.3 Å². The molecule has 162 valence electrons. The minimum absolute atomic E-state index is 0.133. The van der Waals surface area contributed by atoms with Crippen LogP contribution in [0.3, 0.4) is 0 Å². The van der Waals surface area contributed by atoms with Gasteiger partial charge < -0.3 is 14.8 Å². The number of ether oxygens (including phenoxy) is 2. The van der Waals surface area contributed by atoms with Gasteiger partial charge in [0.15, 0.2) is 6.10 Å². The lowest BCUT2D eigenvalue weighted by molar-refractivity contribution is -0.122. The number of hydrogen-bond acceptors (Lipinski definition) is 5. The Kier molecular flexibility index (Phi) is 5.89. The third-order valence-electron chi connectivity index (χ3n) is 5.08. The summed E-state index contributed by atoms with van der Waals surface area (Å²) in [5, 5.41) is 3.39. The van der Waals surface area contributed by atoms with Gasteiger partial charge in [0.2, 0.25) is 0 Å². The molecule has 0 saturated carbocycles. The first-order valence-electron chi connectivity index (χ1n) is 10.2. The van der Waals surface area contributed by atoms with Crippen LogP contribution in [0.2, 0.25) is 0 Å². The summed E-state index contributed by atoms with van der Waals surface area (Å²) in [6, 6.07) is 21.3. The predicted molar refractivity (Wildman–Crippen MR) is 124 cm³/mol. The van der Waals surface area contributed by atoms with Crippen LogP contribution in [0.15, 0.2) is 77.6 Å². The lowest BCUT2D eigenvalue weighted by Gasteiger charge is -2.15. The van der Waals surface area contributed by atoms with Crippen molar-refractivity contribution in [3.05, 3.63) is 89.0 Å². The molecule has 7 heteroatoms. The van der Waals surface area contributed by atoms with Crippen molar-refractivity contribution in [3.63, 3.8) is 0 Å². The second-order valence-electron chi connectivity index (χ2n) is 7.29. The molecular formula is C25H23N3O4. The minimum atomic E-state index is -0.697. The zero-order chi connectivity index (χ0) is 22.7. The van der Waals surface area contributed by atoms with Gasteiger partial charge in [-0.25, -0.2) is 4.98 Å². The highest BCUT2D eigenvalue weighted by molar-refractivity contribution is 5.94. The van der Waals surface area contributed by atoms with Crippen LogP contribution in [0.1, 0.15) is 12.7 Å². The Hall–Kier alpha value is -4.13. The monoisotopic (exact) mass is 429 g/mol. The molecule has 0 bridgehead atoms. The molecule has 1 unspecified atom stereocenters. The number of carbonyl (C=O) groups is 1. The number of nitrogens with one attached hydrogen (secondary N) is 1. The molecule has 4 aromatic rings. The highest BCUT2D eigenvalue weighted by Crippen LogP contribution is 2.19. The lowest BCUT2D eigenvalue weighted by atomic mass is 10.2. The fourth-order valence-electron chi connectivity index (χ4n) is 3.40. The number of fused-ring (bicyclic) bond motifs is 1. The molecule has 1 heterocycles. The number of amides is 1. The van der Waals surface area contributed by atoms with Gasteiger partial charge in [0, 0.05) is 5.69 Å². The summed E-state index contributed by atoms with van der Waals surface area (Å²) in [6.07, 6.45) is -0.697. The van der Waals surface area contributed by atoms with E-state index in [1.165, 1.54) is 0 Å². The van der Waals surface area contributed by atoms with Crippen molar-refractivity contribution in [1.29, 1.82) is 0 Å². The van der Waals surface area contributed by atoms with E-state index >= 15 is 0 Å². The number of hydrogen-bond donors (Lipinski definition) is 1. The van der Waals surface area contributed by atoms with E-state index in [0.717, 1.165) is 0 Å². The molecule has 0 fully saturated rings. The second-order valence-corrected chi connectivity index (χ2v) is 7.29. The normalized spacial score (nSPS) is 11.7. The van der Waals surface area contributed by atoms with Crippen molar-refractivity contribution < 1.29 is 14.3 Å². The first-order chi connectivity index (χ1) is 15.5. The summed E-state index contributed by atoms with van der Waals surface area (Å²) in [7, 11) is 1.59. The maximum Gasteiger partial charge on any atom is 0.265 e. The SMILES string of the molecule is COc1ccc(OC(C)C(=O)Nc2ccc(-n3c(C)nc4ccccc4c3=O)cc2)cc1. The maximum atomic E-state index is 12.9. The van der Waals surface area contributed by atoms with E-state index in [9.17, 15) is 9.59 Å². The van der Waals surface area contributed by atoms with Gasteiger partial charge in [-0.05, 0) is 74.5 Å². The first-order valence-corrected chi connectivity index (χ1v) is 10.2. The van der Waals surface area contributed by atoms with Gasteiger partial charge in [0.05, 0.1) is 23.7 Å². The van der Waals surface area contributed by atoms with Crippen LogP contribution in [-0.4, -0.2) is 28.7 Å². The highest BCUT2D eigenvalue weighted by Gasteiger charge is 2.15. The average molecular weight is 429 g/mol. The Morgan fingerprint density at radius 1 is 0.969 bits per heavy atom. The summed E-state index contributed by atoms with van der Waals surface area (Å²) in [5.74, 6) is 1.59. The highest BCUT2D eigenvalue weighted by atomic mass is 16.5. The topological polar surface area (TPSA) is 82.4 Å². The van der Waals surface area contributed by atoms with E-state index < -0.39 is 6.10 Å². The molecular weight excluding hydrogens is 406 g/mol. The van der Waals surface area contributed by atoms with Gasteiger partial charge in [-0.15, -0.1) is 0 Å². The molecule has 32 heavy (non-hydrogen) atoms. The summed E-state index contributed by atoms with van der Waals surface area (Å²) in [6.45, 7) is 3.47. The zero-order valence-corrected chi connectivity index (χ0v) is 18.0. The molecule has 1 aromatic heterocycles. The van der Waals surface area contributed by atoms with E-state index in [0.29, 0.717) is 39.6 Å². The molecule has 1 atom stereocenters. The standard InChI is InChI=1S/C25H23N3O4/c1-16(32-21-14-12-20(31-3)13-15-21)24(29)27-18-8-10-19(11-9-18)28-17(2)26-23-7-5-4-6-22(23)25(28)30/h4-16H,1-3H3,(H,27,29). The number of aryl methyl sites for hydroxylation is 1. The molecule has 0 aliphatic carbocycles. The third kappa shape index (κ3) is 4.32. The molecule has 0 spiro atoms. The van der Waals surface area contributed by atoms with E-state index in [2.05, 4.69) is 10.3 Å². The van der Waals surface area contributed by atoms with Crippen LogP contribution in [0.25, 0.3) is 16.6 Å². The Labute approximate surface area is 185 Å². The Morgan fingerprint density at radius 2 is 1.62 bits per heavy atom. The van der Waals surface area contributed by atoms with Gasteiger partial charge in [0.25, 0.3) is 11.5 Å². The number of benzene rings is 3. The second kappa shape index (κ2) is 8.93. The minimum Gasteiger partial charge on any atom is -0.497 e. The van der Waals surface area contributed by atoms with Crippen molar-refractivity contribution in [3.8, 4) is 17.2 Å². The van der Waals surface area contributed by atoms with Crippen LogP contribution >= 0.6 is 0 Å². The summed E-state index contributed by atoms with van der Waals surface area (Å²) in [5.41, 5.74) is 1.81. The molecule has 0 aliphatic heterocycles. The molecule has 1 N–H and O–H groups in total. The van der Waals surface area contributed by atoms with Gasteiger partial charge in [0.1, 0.15) is 17.3 Å². The van der Waals surface area contributed by atoms with E-state index in [1.54, 1.807) is 80.1 Å². The fourth-order valence-corrected chi connectivity index (χ4v) is 3.40. The molecule has 3 aromatic carbocycles. The van der Waals surface area contributed by atoms with Gasteiger partial charge in [-0.3, -0.25) is 14.2 Å². The van der Waals surface area contributed by atoms with Crippen molar-refractivity contribution >= 4 is 22.5 Å². The van der Waals surface area contributed by atoms with E-state index in [1.807, 2.05) is 18.2 Å². The summed E-state index contributed by atoms with van der Waals surface area (Å²) in [4.78, 5) is 30.0. The number of nitrogens with zero attached hydrogens (tertiary/aromatic N) is 2. The fraction of sp³-hybridized carbons (Fsp3) is 0.160. The first kappa shape index (κ1) is 21.1. The van der Waals surface area contributed by atoms with Gasteiger partial charge in [-0.1, -0.05) is 12.1 Å². The lowest BCUT2D eigenvalue weighted by Crippen LogP contribution is -2.30. The molecule has 0 aliphatic rings. The summed E-state index contributed by atoms with van der Waals surface area (Å²) >= 11 is 0. The van der Waals surface area contributed by atoms with Crippen LogP contribution in [0.4, 0.5) is 5.69 Å². The number of carbonyl (C=O) groups excluding carboxylic acids is 1. The zero-order valence-electron chi connectivity index (χ0n) is 18.0. The number of methoxy groups -OCH3 is 1. The van der Waals surface area contributed by atoms with Crippen molar-refractivity contribution in [1.82, 2.24) is 9.55 Å². The number of aromatic nitrogens is 2. The molecule has 1 amide bonds. The largest absolute Gasteiger partial charge is 0.497 e. The molecule has 7 nitrogen and oxygen atoms in total. The van der Waals surface area contributed by atoms with Crippen molar-refractivity contribution in [2.45, 2.75) is 20.0 Å². The van der Waals surface area contributed by atoms with E-state index in [-0.39, 0.29) is 11.5 Å². The van der Waals surface area contributed by atoms with Crippen molar-refractivity contribution in [2.24, 2.45) is 0 Å². The number of rotatable bonds is 6. The van der Waals surface area contributed by atoms with E-state index in [4.69, 9.17) is 9.47 Å². The third-order valence-corrected chi connectivity index (χ3v) is 5.08. The predicted octanol–water partition coefficient (Wildman–Crippen LogP) is 4.11. The number of anilines is 1. The van der Waals surface area contributed by atoms with Crippen LogP contribution in [0.5, 0.6) is 11.5 Å².